The second-order valence-electron chi connectivity index (χ2n) is 6.29. The van der Waals surface area contributed by atoms with Crippen LogP contribution < -0.4 is 0 Å². The van der Waals surface area contributed by atoms with Gasteiger partial charge in [0.2, 0.25) is 11.7 Å². The number of aromatic nitrogens is 3. The zero-order valence-corrected chi connectivity index (χ0v) is 14.0. The van der Waals surface area contributed by atoms with Crippen molar-refractivity contribution in [2.24, 2.45) is 0 Å². The van der Waals surface area contributed by atoms with E-state index in [9.17, 15) is 9.18 Å². The predicted octanol–water partition coefficient (Wildman–Crippen LogP) is 3.29. The quantitative estimate of drug-likeness (QED) is 0.723. The first kappa shape index (κ1) is 16.4. The van der Waals surface area contributed by atoms with E-state index in [2.05, 4.69) is 15.1 Å². The Morgan fingerprint density at radius 1 is 1.15 bits per heavy atom. The van der Waals surface area contributed by atoms with E-state index in [0.29, 0.717) is 30.4 Å². The lowest BCUT2D eigenvalue weighted by molar-refractivity contribution is 0.0695. The molecule has 3 aromatic rings. The summed E-state index contributed by atoms with van der Waals surface area (Å²) in [6.07, 6.45) is 5.08. The molecule has 2 aromatic heterocycles. The van der Waals surface area contributed by atoms with Crippen molar-refractivity contribution in [1.82, 2.24) is 20.0 Å². The van der Waals surface area contributed by atoms with Gasteiger partial charge in [0.15, 0.2) is 0 Å². The van der Waals surface area contributed by atoms with Crippen LogP contribution in [0, 0.1) is 5.82 Å². The van der Waals surface area contributed by atoms with Gasteiger partial charge >= 0.3 is 0 Å². The molecule has 1 aliphatic rings. The maximum atomic E-state index is 13.1. The summed E-state index contributed by atoms with van der Waals surface area (Å²) in [5.41, 5.74) is 1.32. The Hall–Kier alpha value is -3.09. The molecule has 1 amide bonds. The zero-order valence-electron chi connectivity index (χ0n) is 14.0. The van der Waals surface area contributed by atoms with E-state index in [0.717, 1.165) is 18.4 Å². The normalized spacial score (nSPS) is 17.3. The Labute approximate surface area is 149 Å². The smallest absolute Gasteiger partial charge is 0.253 e. The summed E-state index contributed by atoms with van der Waals surface area (Å²) in [7, 11) is 0. The number of benzene rings is 1. The van der Waals surface area contributed by atoms with Crippen LogP contribution in [-0.4, -0.2) is 39.0 Å². The highest BCUT2D eigenvalue weighted by Gasteiger charge is 2.29. The summed E-state index contributed by atoms with van der Waals surface area (Å²) in [5, 5.41) is 4.04. The Morgan fingerprint density at radius 2 is 1.92 bits per heavy atom. The molecule has 3 heterocycles. The molecule has 0 N–H and O–H groups in total. The van der Waals surface area contributed by atoms with Crippen molar-refractivity contribution in [3.05, 3.63) is 66.1 Å². The molecule has 0 aliphatic carbocycles. The summed E-state index contributed by atoms with van der Waals surface area (Å²) in [4.78, 5) is 22.9. The topological polar surface area (TPSA) is 72.1 Å². The second-order valence-corrected chi connectivity index (χ2v) is 6.29. The SMILES string of the molecule is O=C(c1ccc(F)cc1)N1CCC[C@H](c2nc(-c3ccncc3)no2)C1. The molecule has 6 nitrogen and oxygen atoms in total. The number of nitrogens with zero attached hydrogens (tertiary/aromatic N) is 4. The van der Waals surface area contributed by atoms with Crippen LogP contribution in [0.3, 0.4) is 0 Å². The molecule has 132 valence electrons. The largest absolute Gasteiger partial charge is 0.339 e. The molecule has 1 aliphatic heterocycles. The number of hydrogen-bond donors (Lipinski definition) is 0. The Balaban J connectivity index is 1.49. The number of amides is 1. The second kappa shape index (κ2) is 7.03. The minimum atomic E-state index is -0.354. The van der Waals surface area contributed by atoms with Gasteiger partial charge in [0.05, 0.1) is 5.92 Å². The van der Waals surface area contributed by atoms with Gasteiger partial charge in [-0.1, -0.05) is 5.16 Å². The predicted molar refractivity (Wildman–Crippen MR) is 91.8 cm³/mol. The van der Waals surface area contributed by atoms with Crippen LogP contribution in [0.2, 0.25) is 0 Å². The van der Waals surface area contributed by atoms with Gasteiger partial charge in [-0.2, -0.15) is 4.98 Å². The molecule has 0 unspecified atom stereocenters. The van der Waals surface area contributed by atoms with Gasteiger partial charge < -0.3 is 9.42 Å². The molecule has 1 aromatic carbocycles. The van der Waals surface area contributed by atoms with Gasteiger partial charge in [-0.15, -0.1) is 0 Å². The summed E-state index contributed by atoms with van der Waals surface area (Å²) >= 11 is 0. The van der Waals surface area contributed by atoms with Crippen molar-refractivity contribution in [1.29, 1.82) is 0 Å². The molecule has 0 bridgehead atoms. The average Bonchev–Trinajstić information content (AvgIpc) is 3.19. The fourth-order valence-corrected chi connectivity index (χ4v) is 3.16. The molecule has 4 rings (SSSR count). The summed E-state index contributed by atoms with van der Waals surface area (Å²) in [6.45, 7) is 1.17. The number of pyridine rings is 1. The van der Waals surface area contributed by atoms with Gasteiger partial charge in [-0.25, -0.2) is 4.39 Å². The first-order valence-electron chi connectivity index (χ1n) is 8.49. The van der Waals surface area contributed by atoms with E-state index in [1.54, 1.807) is 17.3 Å². The molecular weight excluding hydrogens is 335 g/mol. The summed E-state index contributed by atoms with van der Waals surface area (Å²) in [6, 6.07) is 9.26. The summed E-state index contributed by atoms with van der Waals surface area (Å²) in [5.74, 6) is 0.588. The molecule has 1 fully saturated rings. The van der Waals surface area contributed by atoms with Crippen LogP contribution in [0.5, 0.6) is 0 Å². The number of piperidine rings is 1. The van der Waals surface area contributed by atoms with E-state index in [4.69, 9.17) is 4.52 Å². The third-order valence-electron chi connectivity index (χ3n) is 4.53. The standard InChI is InChI=1S/C19H17FN4O2/c20-16-5-3-14(4-6-16)19(25)24-11-1-2-15(12-24)18-22-17(23-26-18)13-7-9-21-10-8-13/h3-10,15H,1-2,11-12H2/t15-/m0/s1. The fraction of sp³-hybridized carbons (Fsp3) is 0.263. The van der Waals surface area contributed by atoms with E-state index in [1.807, 2.05) is 12.1 Å². The van der Waals surface area contributed by atoms with Crippen LogP contribution in [0.25, 0.3) is 11.4 Å². The van der Waals surface area contributed by atoms with Gasteiger partial charge in [0.1, 0.15) is 5.82 Å². The Bertz CT molecular complexity index is 895. The van der Waals surface area contributed by atoms with Crippen LogP contribution in [0.1, 0.15) is 35.0 Å². The van der Waals surface area contributed by atoms with Crippen LogP contribution in [-0.2, 0) is 0 Å². The van der Waals surface area contributed by atoms with Crippen molar-refractivity contribution >= 4 is 5.91 Å². The maximum absolute atomic E-state index is 13.1. The number of halogens is 1. The molecule has 0 saturated carbocycles. The average molecular weight is 352 g/mol. The molecule has 1 saturated heterocycles. The van der Waals surface area contributed by atoms with E-state index in [1.165, 1.54) is 24.3 Å². The van der Waals surface area contributed by atoms with E-state index < -0.39 is 0 Å². The highest BCUT2D eigenvalue weighted by Crippen LogP contribution is 2.28. The van der Waals surface area contributed by atoms with Gasteiger partial charge in [-0.05, 0) is 49.2 Å². The van der Waals surface area contributed by atoms with Gasteiger partial charge in [-0.3, -0.25) is 9.78 Å². The zero-order chi connectivity index (χ0) is 17.9. The number of likely N-dealkylation sites (tertiary alicyclic amines) is 1. The van der Waals surface area contributed by atoms with Crippen molar-refractivity contribution in [3.8, 4) is 11.4 Å². The molecule has 0 radical (unpaired) electrons. The first-order chi connectivity index (χ1) is 12.7. The summed E-state index contributed by atoms with van der Waals surface area (Å²) < 4.78 is 18.5. The Kier molecular flexibility index (Phi) is 4.43. The molecular formula is C19H17FN4O2. The molecule has 1 atom stereocenters. The van der Waals surface area contributed by atoms with Crippen LogP contribution in [0.15, 0.2) is 53.3 Å². The van der Waals surface area contributed by atoms with Crippen molar-refractivity contribution < 1.29 is 13.7 Å². The molecule has 7 heteroatoms. The highest BCUT2D eigenvalue weighted by atomic mass is 19.1. The van der Waals surface area contributed by atoms with Crippen molar-refractivity contribution in [2.45, 2.75) is 18.8 Å². The number of carbonyl (C=O) groups is 1. The lowest BCUT2D eigenvalue weighted by Gasteiger charge is -2.31. The highest BCUT2D eigenvalue weighted by molar-refractivity contribution is 5.94. The van der Waals surface area contributed by atoms with E-state index >= 15 is 0 Å². The Morgan fingerprint density at radius 3 is 2.69 bits per heavy atom. The third kappa shape index (κ3) is 3.33. The van der Waals surface area contributed by atoms with Crippen LogP contribution >= 0.6 is 0 Å². The first-order valence-corrected chi connectivity index (χ1v) is 8.49. The third-order valence-corrected chi connectivity index (χ3v) is 4.53. The van der Waals surface area contributed by atoms with E-state index in [-0.39, 0.29) is 17.6 Å². The molecule has 0 spiro atoms. The molecule has 26 heavy (non-hydrogen) atoms. The monoisotopic (exact) mass is 352 g/mol. The minimum Gasteiger partial charge on any atom is -0.339 e. The van der Waals surface area contributed by atoms with Crippen molar-refractivity contribution in [3.63, 3.8) is 0 Å². The van der Waals surface area contributed by atoms with Crippen molar-refractivity contribution in [2.75, 3.05) is 13.1 Å². The number of carbonyl (C=O) groups excluding carboxylic acids is 1. The lowest BCUT2D eigenvalue weighted by atomic mass is 9.97. The lowest BCUT2D eigenvalue weighted by Crippen LogP contribution is -2.39. The van der Waals surface area contributed by atoms with Gasteiger partial charge in [0.25, 0.3) is 5.91 Å². The number of rotatable bonds is 3. The maximum Gasteiger partial charge on any atom is 0.253 e. The fourth-order valence-electron chi connectivity index (χ4n) is 3.16. The van der Waals surface area contributed by atoms with Crippen LogP contribution in [0.4, 0.5) is 4.39 Å². The minimum absolute atomic E-state index is 0.00349. The number of hydrogen-bond acceptors (Lipinski definition) is 5. The van der Waals surface area contributed by atoms with Gasteiger partial charge in [0, 0.05) is 36.6 Å².